The topological polar surface area (TPSA) is 106 Å². The third-order valence-electron chi connectivity index (χ3n) is 6.41. The van der Waals surface area contributed by atoms with Gasteiger partial charge in [-0.3, -0.25) is 9.69 Å². The number of rotatable bonds is 11. The van der Waals surface area contributed by atoms with Gasteiger partial charge in [-0.15, -0.1) is 0 Å². The van der Waals surface area contributed by atoms with Crippen LogP contribution in [-0.2, 0) is 9.53 Å². The Balaban J connectivity index is 1.37. The summed E-state index contributed by atoms with van der Waals surface area (Å²) in [7, 11) is 1.58. The van der Waals surface area contributed by atoms with Gasteiger partial charge in [0, 0.05) is 21.6 Å². The molecular weight excluding hydrogens is 540 g/mol. The highest BCUT2D eigenvalue weighted by Crippen LogP contribution is 2.35. The average molecular weight is 573 g/mol. The fraction of sp³-hybridized carbons (Fsp3) is 0.444. The molecule has 1 aromatic heterocycles. The van der Waals surface area contributed by atoms with Crippen molar-refractivity contribution in [2.24, 2.45) is 5.92 Å². The van der Waals surface area contributed by atoms with Crippen LogP contribution in [0.1, 0.15) is 26.2 Å². The van der Waals surface area contributed by atoms with Crippen LogP contribution in [0.2, 0.25) is 0 Å². The third-order valence-corrected chi connectivity index (χ3v) is 6.90. The van der Waals surface area contributed by atoms with Gasteiger partial charge in [-0.2, -0.15) is 0 Å². The van der Waals surface area contributed by atoms with Gasteiger partial charge in [0.1, 0.15) is 18.8 Å². The number of hydrogen-bond donors (Lipinski definition) is 2. The minimum Gasteiger partial charge on any atom is -0.493 e. The second-order valence-electron chi connectivity index (χ2n) is 9.10. The van der Waals surface area contributed by atoms with Crippen LogP contribution in [-0.4, -0.2) is 72.0 Å². The number of methoxy groups -OCH3 is 1. The van der Waals surface area contributed by atoms with Crippen LogP contribution in [0.25, 0.3) is 10.9 Å². The highest BCUT2D eigenvalue weighted by molar-refractivity contribution is 9.10. The molecule has 2 heterocycles. The first-order chi connectivity index (χ1) is 17.9. The molecule has 198 valence electrons. The maximum Gasteiger partial charge on any atom is 0.320 e. The van der Waals surface area contributed by atoms with Crippen molar-refractivity contribution in [2.75, 3.05) is 45.3 Å². The molecule has 1 saturated heterocycles. The predicted molar refractivity (Wildman–Crippen MR) is 145 cm³/mol. The van der Waals surface area contributed by atoms with Crippen LogP contribution >= 0.6 is 15.9 Å². The molecule has 0 saturated carbocycles. The Morgan fingerprint density at radius 2 is 2.03 bits per heavy atom. The standard InChI is InChI=1S/C27H33BrN4O5/c1-3-36-26(34)15-32-9-7-18(8-10-32)11-21(33)16-37-25-13-22-23(14-24(25)35-2)29-17-30-27(22)31-20-6-4-5-19(28)12-20/h4-6,12-14,17-18,21,33H,3,7-11,15-16H2,1-2H3,(H,29,30,31). The van der Waals surface area contributed by atoms with Gasteiger partial charge in [0.05, 0.1) is 31.9 Å². The summed E-state index contributed by atoms with van der Waals surface area (Å²) in [6.45, 7) is 4.34. The summed E-state index contributed by atoms with van der Waals surface area (Å²) in [5, 5.41) is 14.8. The van der Waals surface area contributed by atoms with Crippen LogP contribution in [0.3, 0.4) is 0 Å². The Morgan fingerprint density at radius 1 is 1.22 bits per heavy atom. The number of ether oxygens (including phenoxy) is 3. The summed E-state index contributed by atoms with van der Waals surface area (Å²) in [6, 6.07) is 11.5. The molecule has 1 aliphatic rings. The number of halogens is 1. The molecule has 0 bridgehead atoms. The Labute approximate surface area is 225 Å². The molecule has 0 spiro atoms. The van der Waals surface area contributed by atoms with Gasteiger partial charge in [0.2, 0.25) is 0 Å². The predicted octanol–water partition coefficient (Wildman–Crippen LogP) is 4.55. The molecule has 1 atom stereocenters. The minimum absolute atomic E-state index is 0.146. The van der Waals surface area contributed by atoms with E-state index in [0.717, 1.165) is 41.5 Å². The maximum absolute atomic E-state index is 11.7. The first-order valence-electron chi connectivity index (χ1n) is 12.5. The normalized spacial score (nSPS) is 15.4. The van der Waals surface area contributed by atoms with E-state index in [1.54, 1.807) is 7.11 Å². The number of piperidine rings is 1. The molecule has 3 aromatic rings. The summed E-state index contributed by atoms with van der Waals surface area (Å²) in [6.07, 6.45) is 3.38. The van der Waals surface area contributed by atoms with Crippen molar-refractivity contribution in [2.45, 2.75) is 32.3 Å². The summed E-state index contributed by atoms with van der Waals surface area (Å²) < 4.78 is 17.6. The Kier molecular flexibility index (Phi) is 9.54. The van der Waals surface area contributed by atoms with Gasteiger partial charge < -0.3 is 24.6 Å². The molecule has 37 heavy (non-hydrogen) atoms. The highest BCUT2D eigenvalue weighted by Gasteiger charge is 2.24. The molecule has 2 N–H and O–H groups in total. The lowest BCUT2D eigenvalue weighted by molar-refractivity contribution is -0.144. The smallest absolute Gasteiger partial charge is 0.320 e. The number of nitrogens with zero attached hydrogens (tertiary/aromatic N) is 3. The molecule has 0 radical (unpaired) electrons. The van der Waals surface area contributed by atoms with E-state index in [1.807, 2.05) is 43.3 Å². The Morgan fingerprint density at radius 3 is 2.76 bits per heavy atom. The number of aliphatic hydroxyl groups is 1. The average Bonchev–Trinajstić information content (AvgIpc) is 2.88. The number of nitrogens with one attached hydrogen (secondary N) is 1. The molecule has 4 rings (SSSR count). The second-order valence-corrected chi connectivity index (χ2v) is 10.0. The van der Waals surface area contributed by atoms with Crippen molar-refractivity contribution in [3.63, 3.8) is 0 Å². The van der Waals surface area contributed by atoms with E-state index in [4.69, 9.17) is 14.2 Å². The molecule has 9 nitrogen and oxygen atoms in total. The number of benzene rings is 2. The number of esters is 1. The molecule has 2 aromatic carbocycles. The molecule has 1 fully saturated rings. The zero-order chi connectivity index (χ0) is 26.2. The quantitative estimate of drug-likeness (QED) is 0.320. The fourth-order valence-electron chi connectivity index (χ4n) is 4.55. The fourth-order valence-corrected chi connectivity index (χ4v) is 4.95. The number of fused-ring (bicyclic) bond motifs is 1. The van der Waals surface area contributed by atoms with E-state index < -0.39 is 6.10 Å². The first-order valence-corrected chi connectivity index (χ1v) is 13.3. The number of likely N-dealkylation sites (tertiary alicyclic amines) is 1. The van der Waals surface area contributed by atoms with Crippen LogP contribution in [0.5, 0.6) is 11.5 Å². The number of aromatic nitrogens is 2. The molecular formula is C27H33BrN4O5. The number of aliphatic hydroxyl groups excluding tert-OH is 1. The maximum atomic E-state index is 11.7. The van der Waals surface area contributed by atoms with E-state index in [9.17, 15) is 9.90 Å². The zero-order valence-corrected chi connectivity index (χ0v) is 22.7. The molecule has 0 aliphatic carbocycles. The lowest BCUT2D eigenvalue weighted by Gasteiger charge is -2.32. The summed E-state index contributed by atoms with van der Waals surface area (Å²) in [5.41, 5.74) is 1.60. The van der Waals surface area contributed by atoms with Crippen molar-refractivity contribution >= 4 is 44.3 Å². The second kappa shape index (κ2) is 13.0. The van der Waals surface area contributed by atoms with Gasteiger partial charge in [0.25, 0.3) is 0 Å². The largest absolute Gasteiger partial charge is 0.493 e. The van der Waals surface area contributed by atoms with Crippen molar-refractivity contribution in [1.29, 1.82) is 0 Å². The van der Waals surface area contributed by atoms with Crippen molar-refractivity contribution in [3.8, 4) is 11.5 Å². The van der Waals surface area contributed by atoms with Crippen LogP contribution < -0.4 is 14.8 Å². The van der Waals surface area contributed by atoms with E-state index in [2.05, 4.69) is 36.1 Å². The summed E-state index contributed by atoms with van der Waals surface area (Å²) >= 11 is 3.49. The van der Waals surface area contributed by atoms with Crippen molar-refractivity contribution in [3.05, 3.63) is 47.2 Å². The highest BCUT2D eigenvalue weighted by atomic mass is 79.9. The SMILES string of the molecule is CCOC(=O)CN1CCC(CC(O)COc2cc3c(Nc4cccc(Br)c4)ncnc3cc2OC)CC1. The van der Waals surface area contributed by atoms with E-state index in [-0.39, 0.29) is 12.6 Å². The van der Waals surface area contributed by atoms with E-state index in [1.165, 1.54) is 6.33 Å². The van der Waals surface area contributed by atoms with E-state index >= 15 is 0 Å². The van der Waals surface area contributed by atoms with Gasteiger partial charge in [0.15, 0.2) is 11.5 Å². The Hall–Kier alpha value is -2.95. The molecule has 0 amide bonds. The zero-order valence-electron chi connectivity index (χ0n) is 21.2. The number of carbonyl (C=O) groups is 1. The third kappa shape index (κ3) is 7.53. The van der Waals surface area contributed by atoms with Gasteiger partial charge in [-0.05, 0) is 69.5 Å². The number of hydrogen-bond acceptors (Lipinski definition) is 9. The lowest BCUT2D eigenvalue weighted by atomic mass is 9.91. The van der Waals surface area contributed by atoms with Gasteiger partial charge in [-0.1, -0.05) is 22.0 Å². The van der Waals surface area contributed by atoms with Crippen molar-refractivity contribution < 1.29 is 24.1 Å². The van der Waals surface area contributed by atoms with Crippen LogP contribution in [0, 0.1) is 5.92 Å². The van der Waals surface area contributed by atoms with Crippen molar-refractivity contribution in [1.82, 2.24) is 14.9 Å². The molecule has 10 heteroatoms. The van der Waals surface area contributed by atoms with E-state index in [0.29, 0.717) is 48.3 Å². The van der Waals surface area contributed by atoms with Crippen LogP contribution in [0.15, 0.2) is 47.2 Å². The summed E-state index contributed by atoms with van der Waals surface area (Å²) in [4.78, 5) is 22.6. The number of anilines is 2. The van der Waals surface area contributed by atoms with Crippen LogP contribution in [0.4, 0.5) is 11.5 Å². The van der Waals surface area contributed by atoms with Gasteiger partial charge in [-0.25, -0.2) is 9.97 Å². The molecule has 1 aliphatic heterocycles. The minimum atomic E-state index is -0.617. The Bertz CT molecular complexity index is 1200. The molecule has 1 unspecified atom stereocenters. The number of carbonyl (C=O) groups excluding carboxylic acids is 1. The monoisotopic (exact) mass is 572 g/mol. The summed E-state index contributed by atoms with van der Waals surface area (Å²) in [5.74, 6) is 1.90. The lowest BCUT2D eigenvalue weighted by Crippen LogP contribution is -2.39. The van der Waals surface area contributed by atoms with Gasteiger partial charge >= 0.3 is 5.97 Å². The first kappa shape index (κ1) is 27.1.